The van der Waals surface area contributed by atoms with Crippen molar-refractivity contribution in [1.29, 1.82) is 0 Å². The lowest BCUT2D eigenvalue weighted by Gasteiger charge is -2.38. The van der Waals surface area contributed by atoms with Crippen molar-refractivity contribution in [2.45, 2.75) is 34.2 Å². The minimum absolute atomic E-state index is 0. The number of aryl methyl sites for hydroxylation is 2. The van der Waals surface area contributed by atoms with E-state index in [2.05, 4.69) is 34.5 Å². The smallest absolute Gasteiger partial charge is 0.191 e. The van der Waals surface area contributed by atoms with Crippen LogP contribution in [0.15, 0.2) is 4.99 Å². The molecule has 21 heavy (non-hydrogen) atoms. The van der Waals surface area contributed by atoms with Crippen LogP contribution >= 0.6 is 35.3 Å². The molecule has 0 spiro atoms. The second-order valence-corrected chi connectivity index (χ2v) is 6.88. The highest BCUT2D eigenvalue weighted by atomic mass is 127. The van der Waals surface area contributed by atoms with Crippen LogP contribution in [-0.4, -0.2) is 37.2 Å². The molecular formula is C14H25IN4OS. The number of aliphatic imine (C=N–C) groups is 1. The number of guanidine groups is 1. The second kappa shape index (κ2) is 8.28. The number of thiazole rings is 1. The summed E-state index contributed by atoms with van der Waals surface area (Å²) in [7, 11) is 0. The molecule has 5 nitrogen and oxygen atoms in total. The Hall–Kier alpha value is -0.410. The predicted molar refractivity (Wildman–Crippen MR) is 98.7 cm³/mol. The molecule has 0 atom stereocenters. The van der Waals surface area contributed by atoms with Gasteiger partial charge in [-0.2, -0.15) is 0 Å². The van der Waals surface area contributed by atoms with E-state index in [4.69, 9.17) is 4.74 Å². The molecular weight excluding hydrogens is 399 g/mol. The Kier molecular flexibility index (Phi) is 7.35. The number of halogens is 1. The summed E-state index contributed by atoms with van der Waals surface area (Å²) in [5, 5.41) is 7.79. The number of rotatable bonds is 5. The molecule has 0 unspecified atom stereocenters. The van der Waals surface area contributed by atoms with Gasteiger partial charge < -0.3 is 15.4 Å². The summed E-state index contributed by atoms with van der Waals surface area (Å²) in [6.07, 6.45) is 0. The Balaban J connectivity index is 0.00000220. The number of hydrogen-bond donors (Lipinski definition) is 2. The molecule has 1 fully saturated rings. The second-order valence-electron chi connectivity index (χ2n) is 5.59. The van der Waals surface area contributed by atoms with Crippen LogP contribution < -0.4 is 10.6 Å². The van der Waals surface area contributed by atoms with Crippen LogP contribution in [0.25, 0.3) is 0 Å². The quantitative estimate of drug-likeness (QED) is 0.433. The first-order chi connectivity index (χ1) is 9.52. The van der Waals surface area contributed by atoms with Gasteiger partial charge in [-0.3, -0.25) is 0 Å². The third-order valence-corrected chi connectivity index (χ3v) is 4.37. The lowest BCUT2D eigenvalue weighted by molar-refractivity contribution is -0.0971. The van der Waals surface area contributed by atoms with Crippen LogP contribution in [0, 0.1) is 19.3 Å². The fraction of sp³-hybridized carbons (Fsp3) is 0.714. The summed E-state index contributed by atoms with van der Waals surface area (Å²) in [5.74, 6) is 0.867. The van der Waals surface area contributed by atoms with E-state index in [0.29, 0.717) is 6.54 Å². The van der Waals surface area contributed by atoms with Crippen molar-refractivity contribution in [3.05, 3.63) is 15.6 Å². The van der Waals surface area contributed by atoms with Gasteiger partial charge in [-0.25, -0.2) is 9.98 Å². The van der Waals surface area contributed by atoms with E-state index in [1.165, 1.54) is 4.88 Å². The van der Waals surface area contributed by atoms with Gasteiger partial charge in [0.05, 0.1) is 30.5 Å². The third-order valence-electron chi connectivity index (χ3n) is 3.31. The first-order valence-electron chi connectivity index (χ1n) is 7.05. The summed E-state index contributed by atoms with van der Waals surface area (Å²) in [4.78, 5) is 10.3. The molecule has 1 aromatic heterocycles. The van der Waals surface area contributed by atoms with Gasteiger partial charge in [0, 0.05) is 23.4 Å². The standard InChI is InChI=1S/C14H24N4OS.HI/c1-5-15-13(17-7-14(4)8-19-9-14)16-6-12-10(2)18-11(3)20-12;/h5-9H2,1-4H3,(H2,15,16,17);1H. The Morgan fingerprint density at radius 1 is 1.38 bits per heavy atom. The molecule has 2 rings (SSSR count). The van der Waals surface area contributed by atoms with E-state index in [1.54, 1.807) is 11.3 Å². The predicted octanol–water partition coefficient (Wildman–Crippen LogP) is 2.47. The Bertz CT molecular complexity index is 485. The van der Waals surface area contributed by atoms with Crippen molar-refractivity contribution < 1.29 is 4.74 Å². The highest BCUT2D eigenvalue weighted by molar-refractivity contribution is 14.0. The fourth-order valence-corrected chi connectivity index (χ4v) is 2.92. The molecule has 1 aliphatic heterocycles. The fourth-order valence-electron chi connectivity index (χ4n) is 2.06. The molecule has 0 radical (unpaired) electrons. The first-order valence-corrected chi connectivity index (χ1v) is 7.87. The van der Waals surface area contributed by atoms with E-state index in [-0.39, 0.29) is 29.4 Å². The Morgan fingerprint density at radius 2 is 2.10 bits per heavy atom. The van der Waals surface area contributed by atoms with Gasteiger partial charge in [-0.1, -0.05) is 6.92 Å². The minimum Gasteiger partial charge on any atom is -0.380 e. The molecule has 0 amide bonds. The average Bonchev–Trinajstić information content (AvgIpc) is 2.69. The van der Waals surface area contributed by atoms with Crippen LogP contribution in [-0.2, 0) is 11.3 Å². The molecule has 0 aliphatic carbocycles. The summed E-state index contributed by atoms with van der Waals surface area (Å²) >= 11 is 1.72. The highest BCUT2D eigenvalue weighted by Crippen LogP contribution is 2.25. The number of nitrogens with one attached hydrogen (secondary N) is 2. The zero-order valence-corrected chi connectivity index (χ0v) is 16.3. The molecule has 1 saturated heterocycles. The van der Waals surface area contributed by atoms with Crippen molar-refractivity contribution in [3.8, 4) is 0 Å². The van der Waals surface area contributed by atoms with Gasteiger partial charge in [-0.15, -0.1) is 35.3 Å². The van der Waals surface area contributed by atoms with Crippen LogP contribution in [0.1, 0.15) is 29.4 Å². The zero-order chi connectivity index (χ0) is 14.6. The monoisotopic (exact) mass is 424 g/mol. The largest absolute Gasteiger partial charge is 0.380 e. The molecule has 1 aromatic rings. The van der Waals surface area contributed by atoms with Gasteiger partial charge >= 0.3 is 0 Å². The number of hydrogen-bond acceptors (Lipinski definition) is 4. The average molecular weight is 424 g/mol. The number of ether oxygens (including phenoxy) is 1. The first kappa shape index (κ1) is 18.6. The number of nitrogens with zero attached hydrogens (tertiary/aromatic N) is 2. The van der Waals surface area contributed by atoms with Gasteiger partial charge in [0.1, 0.15) is 0 Å². The maximum absolute atomic E-state index is 5.27. The Morgan fingerprint density at radius 3 is 2.57 bits per heavy atom. The summed E-state index contributed by atoms with van der Waals surface area (Å²) in [6.45, 7) is 12.5. The normalized spacial score (nSPS) is 16.9. The molecule has 2 N–H and O–H groups in total. The van der Waals surface area contributed by atoms with E-state index >= 15 is 0 Å². The van der Waals surface area contributed by atoms with Crippen molar-refractivity contribution >= 4 is 41.3 Å². The van der Waals surface area contributed by atoms with E-state index < -0.39 is 0 Å². The van der Waals surface area contributed by atoms with Gasteiger partial charge in [0.15, 0.2) is 5.96 Å². The Labute approximate surface area is 148 Å². The van der Waals surface area contributed by atoms with E-state index in [0.717, 1.165) is 43.0 Å². The molecule has 1 aliphatic rings. The lowest BCUT2D eigenvalue weighted by atomic mass is 9.89. The van der Waals surface area contributed by atoms with Crippen LogP contribution in [0.4, 0.5) is 0 Å². The molecule has 2 heterocycles. The van der Waals surface area contributed by atoms with E-state index in [9.17, 15) is 0 Å². The van der Waals surface area contributed by atoms with Gasteiger partial charge in [0.2, 0.25) is 0 Å². The molecule has 0 saturated carbocycles. The highest BCUT2D eigenvalue weighted by Gasteiger charge is 2.33. The lowest BCUT2D eigenvalue weighted by Crippen LogP contribution is -2.51. The summed E-state index contributed by atoms with van der Waals surface area (Å²) < 4.78 is 5.27. The third kappa shape index (κ3) is 5.37. The zero-order valence-electron chi connectivity index (χ0n) is 13.2. The van der Waals surface area contributed by atoms with Crippen molar-refractivity contribution in [1.82, 2.24) is 15.6 Å². The van der Waals surface area contributed by atoms with Crippen molar-refractivity contribution in [2.75, 3.05) is 26.3 Å². The molecule has 0 aromatic carbocycles. The van der Waals surface area contributed by atoms with Crippen molar-refractivity contribution in [3.63, 3.8) is 0 Å². The topological polar surface area (TPSA) is 58.5 Å². The summed E-state index contributed by atoms with van der Waals surface area (Å²) in [6, 6.07) is 0. The molecule has 7 heteroatoms. The maximum Gasteiger partial charge on any atom is 0.191 e. The SMILES string of the molecule is CCNC(=NCc1sc(C)nc1C)NCC1(C)COC1.I. The maximum atomic E-state index is 5.27. The van der Waals surface area contributed by atoms with E-state index in [1.807, 2.05) is 13.8 Å². The summed E-state index contributed by atoms with van der Waals surface area (Å²) in [5.41, 5.74) is 1.33. The molecule has 0 bridgehead atoms. The van der Waals surface area contributed by atoms with Gasteiger partial charge in [-0.05, 0) is 20.8 Å². The number of aromatic nitrogens is 1. The molecule has 120 valence electrons. The van der Waals surface area contributed by atoms with Crippen LogP contribution in [0.5, 0.6) is 0 Å². The van der Waals surface area contributed by atoms with Crippen LogP contribution in [0.3, 0.4) is 0 Å². The van der Waals surface area contributed by atoms with Gasteiger partial charge in [0.25, 0.3) is 0 Å². The minimum atomic E-state index is 0. The van der Waals surface area contributed by atoms with Crippen LogP contribution in [0.2, 0.25) is 0 Å². The van der Waals surface area contributed by atoms with Crippen molar-refractivity contribution in [2.24, 2.45) is 10.4 Å².